The first-order chi connectivity index (χ1) is 8.25. The molecule has 0 saturated heterocycles. The third-order valence-electron chi connectivity index (χ3n) is 2.59. The molecule has 0 fully saturated rings. The minimum atomic E-state index is -0.353. The van der Waals surface area contributed by atoms with E-state index in [0.717, 1.165) is 10.8 Å². The summed E-state index contributed by atoms with van der Waals surface area (Å²) in [5.41, 5.74) is 0. The lowest BCUT2D eigenvalue weighted by Gasteiger charge is -2.08. The molecule has 4 nitrogen and oxygen atoms in total. The van der Waals surface area contributed by atoms with Gasteiger partial charge in [-0.1, -0.05) is 24.3 Å². The molecule has 1 heterocycles. The minimum absolute atomic E-state index is 0.197. The van der Waals surface area contributed by atoms with Crippen LogP contribution in [0.1, 0.15) is 6.92 Å². The molecule has 2 aromatic rings. The van der Waals surface area contributed by atoms with Gasteiger partial charge in [-0.15, -0.1) is 0 Å². The van der Waals surface area contributed by atoms with E-state index in [1.807, 2.05) is 24.3 Å². The Morgan fingerprint density at radius 3 is 2.76 bits per heavy atom. The van der Waals surface area contributed by atoms with Gasteiger partial charge in [0, 0.05) is 23.8 Å². The number of carbonyl (C=O) groups is 1. The van der Waals surface area contributed by atoms with E-state index in [2.05, 4.69) is 0 Å². The summed E-state index contributed by atoms with van der Waals surface area (Å²) in [7, 11) is 0. The number of benzene rings is 2. The Morgan fingerprint density at radius 1 is 1.24 bits per heavy atom. The molecule has 0 radical (unpaired) electrons. The fraction of sp³-hybridized carbons (Fsp3) is 0.154. The van der Waals surface area contributed by atoms with E-state index in [1.165, 1.54) is 6.92 Å². The average Bonchev–Trinajstić information content (AvgIpc) is 2.77. The molecular weight excluding hydrogens is 220 g/mol. The van der Waals surface area contributed by atoms with Crippen LogP contribution < -0.4 is 14.2 Å². The number of hydrogen-bond donors (Lipinski definition) is 0. The van der Waals surface area contributed by atoms with Crippen molar-refractivity contribution in [2.45, 2.75) is 6.92 Å². The van der Waals surface area contributed by atoms with Crippen molar-refractivity contribution in [3.63, 3.8) is 0 Å². The highest BCUT2D eigenvalue weighted by Gasteiger charge is 2.20. The number of hydrogen-bond acceptors (Lipinski definition) is 4. The zero-order valence-corrected chi connectivity index (χ0v) is 9.23. The van der Waals surface area contributed by atoms with Crippen molar-refractivity contribution in [1.82, 2.24) is 0 Å². The summed E-state index contributed by atoms with van der Waals surface area (Å²) in [5, 5.41) is 1.73. The van der Waals surface area contributed by atoms with Gasteiger partial charge in [-0.05, 0) is 0 Å². The van der Waals surface area contributed by atoms with E-state index < -0.39 is 0 Å². The summed E-state index contributed by atoms with van der Waals surface area (Å²) in [6.07, 6.45) is 0. The van der Waals surface area contributed by atoms with E-state index in [4.69, 9.17) is 14.2 Å². The molecule has 1 aliphatic heterocycles. The molecule has 0 saturated carbocycles. The zero-order chi connectivity index (χ0) is 11.8. The second-order valence-corrected chi connectivity index (χ2v) is 3.75. The van der Waals surface area contributed by atoms with Crippen LogP contribution in [0.5, 0.6) is 17.2 Å². The SMILES string of the molecule is CC(=O)Oc1cc2c(c3ccccc13)OCO2. The Kier molecular flexibility index (Phi) is 2.14. The topological polar surface area (TPSA) is 44.8 Å². The molecule has 0 spiro atoms. The van der Waals surface area contributed by atoms with Crippen molar-refractivity contribution in [2.24, 2.45) is 0 Å². The highest BCUT2D eigenvalue weighted by atomic mass is 16.7. The maximum absolute atomic E-state index is 11.1. The maximum Gasteiger partial charge on any atom is 0.308 e. The van der Waals surface area contributed by atoms with Gasteiger partial charge in [0.05, 0.1) is 0 Å². The van der Waals surface area contributed by atoms with Crippen molar-refractivity contribution >= 4 is 16.7 Å². The summed E-state index contributed by atoms with van der Waals surface area (Å²) < 4.78 is 15.9. The molecular formula is C13H10O4. The van der Waals surface area contributed by atoms with Gasteiger partial charge in [0.15, 0.2) is 11.5 Å². The molecule has 0 aliphatic carbocycles. The van der Waals surface area contributed by atoms with Crippen molar-refractivity contribution in [1.29, 1.82) is 0 Å². The lowest BCUT2D eigenvalue weighted by atomic mass is 10.1. The molecule has 2 aromatic carbocycles. The van der Waals surface area contributed by atoms with E-state index in [1.54, 1.807) is 6.07 Å². The average molecular weight is 230 g/mol. The van der Waals surface area contributed by atoms with E-state index in [0.29, 0.717) is 17.2 Å². The first-order valence-corrected chi connectivity index (χ1v) is 5.25. The number of carbonyl (C=O) groups excluding carboxylic acids is 1. The molecule has 17 heavy (non-hydrogen) atoms. The van der Waals surface area contributed by atoms with Crippen LogP contribution in [-0.4, -0.2) is 12.8 Å². The second kappa shape index (κ2) is 3.66. The standard InChI is InChI=1S/C13H10O4/c1-8(14)17-11-6-12-13(16-7-15-12)10-5-3-2-4-9(10)11/h2-6H,7H2,1H3. The highest BCUT2D eigenvalue weighted by Crippen LogP contribution is 2.43. The molecule has 86 valence electrons. The summed E-state index contributed by atoms with van der Waals surface area (Å²) in [6, 6.07) is 9.27. The molecule has 0 bridgehead atoms. The number of rotatable bonds is 1. The van der Waals surface area contributed by atoms with Gasteiger partial charge in [0.25, 0.3) is 0 Å². The summed E-state index contributed by atoms with van der Waals surface area (Å²) >= 11 is 0. The third kappa shape index (κ3) is 1.58. The molecule has 4 heteroatoms. The predicted molar refractivity (Wildman–Crippen MR) is 61.4 cm³/mol. The summed E-state index contributed by atoms with van der Waals surface area (Å²) in [6.45, 7) is 1.57. The van der Waals surface area contributed by atoms with Gasteiger partial charge in [0.2, 0.25) is 6.79 Å². The van der Waals surface area contributed by atoms with E-state index in [-0.39, 0.29) is 12.8 Å². The molecule has 0 amide bonds. The van der Waals surface area contributed by atoms with Crippen LogP contribution in [-0.2, 0) is 4.79 Å². The first kappa shape index (κ1) is 9.96. The van der Waals surface area contributed by atoms with Gasteiger partial charge >= 0.3 is 5.97 Å². The van der Waals surface area contributed by atoms with Crippen LogP contribution in [0.25, 0.3) is 10.8 Å². The Bertz CT molecular complexity index is 604. The molecule has 0 atom stereocenters. The Labute approximate surface area is 97.7 Å². The fourth-order valence-corrected chi connectivity index (χ4v) is 1.94. The molecule has 0 unspecified atom stereocenters. The van der Waals surface area contributed by atoms with Crippen LogP contribution in [0.4, 0.5) is 0 Å². The van der Waals surface area contributed by atoms with Gasteiger partial charge in [-0.25, -0.2) is 0 Å². The summed E-state index contributed by atoms with van der Waals surface area (Å²) in [5.74, 6) is 1.46. The largest absolute Gasteiger partial charge is 0.453 e. The minimum Gasteiger partial charge on any atom is -0.453 e. The lowest BCUT2D eigenvalue weighted by molar-refractivity contribution is -0.131. The van der Waals surface area contributed by atoms with Gasteiger partial charge in [-0.2, -0.15) is 0 Å². The van der Waals surface area contributed by atoms with E-state index in [9.17, 15) is 4.79 Å². The normalized spacial score (nSPS) is 12.8. The van der Waals surface area contributed by atoms with E-state index >= 15 is 0 Å². The van der Waals surface area contributed by atoms with Crippen LogP contribution in [0.15, 0.2) is 30.3 Å². The summed E-state index contributed by atoms with van der Waals surface area (Å²) in [4.78, 5) is 11.1. The molecule has 0 N–H and O–H groups in total. The van der Waals surface area contributed by atoms with Crippen LogP contribution in [0, 0.1) is 0 Å². The van der Waals surface area contributed by atoms with Gasteiger partial charge < -0.3 is 14.2 Å². The molecule has 0 aromatic heterocycles. The van der Waals surface area contributed by atoms with Crippen molar-refractivity contribution < 1.29 is 19.0 Å². The van der Waals surface area contributed by atoms with Crippen molar-refractivity contribution in [3.05, 3.63) is 30.3 Å². The van der Waals surface area contributed by atoms with Crippen LogP contribution in [0.2, 0.25) is 0 Å². The maximum atomic E-state index is 11.1. The molecule has 3 rings (SSSR count). The monoisotopic (exact) mass is 230 g/mol. The van der Waals surface area contributed by atoms with Crippen molar-refractivity contribution in [2.75, 3.05) is 6.79 Å². The Balaban J connectivity index is 2.28. The number of esters is 1. The Hall–Kier alpha value is -2.23. The predicted octanol–water partition coefficient (Wildman–Crippen LogP) is 2.49. The third-order valence-corrected chi connectivity index (χ3v) is 2.59. The lowest BCUT2D eigenvalue weighted by Crippen LogP contribution is -2.01. The highest BCUT2D eigenvalue weighted by molar-refractivity contribution is 5.97. The van der Waals surface area contributed by atoms with Crippen molar-refractivity contribution in [3.8, 4) is 17.2 Å². The Morgan fingerprint density at radius 2 is 2.00 bits per heavy atom. The van der Waals surface area contributed by atoms with Gasteiger partial charge in [-0.3, -0.25) is 4.79 Å². The fourth-order valence-electron chi connectivity index (χ4n) is 1.94. The van der Waals surface area contributed by atoms with Crippen LogP contribution >= 0.6 is 0 Å². The first-order valence-electron chi connectivity index (χ1n) is 5.25. The van der Waals surface area contributed by atoms with Crippen LogP contribution in [0.3, 0.4) is 0 Å². The number of fused-ring (bicyclic) bond motifs is 3. The quantitative estimate of drug-likeness (QED) is 0.557. The van der Waals surface area contributed by atoms with Gasteiger partial charge in [0.1, 0.15) is 5.75 Å². The smallest absolute Gasteiger partial charge is 0.308 e. The second-order valence-electron chi connectivity index (χ2n) is 3.75. The molecule has 1 aliphatic rings. The zero-order valence-electron chi connectivity index (χ0n) is 9.23. The number of ether oxygens (including phenoxy) is 3.